The summed E-state index contributed by atoms with van der Waals surface area (Å²) in [6.07, 6.45) is 1.89. The van der Waals surface area contributed by atoms with Crippen LogP contribution in [0, 0.1) is 40.6 Å². The first-order valence-electron chi connectivity index (χ1n) is 5.15. The maximum absolute atomic E-state index is 13.3. The summed E-state index contributed by atoms with van der Waals surface area (Å²) in [6, 6.07) is 3.36. The van der Waals surface area contributed by atoms with Crippen LogP contribution < -0.4 is 0 Å². The van der Waals surface area contributed by atoms with E-state index in [0.29, 0.717) is 12.1 Å². The van der Waals surface area contributed by atoms with Crippen molar-refractivity contribution in [3.63, 3.8) is 0 Å². The third-order valence-electron chi connectivity index (χ3n) is 2.89. The van der Waals surface area contributed by atoms with Gasteiger partial charge in [-0.2, -0.15) is 5.26 Å². The Morgan fingerprint density at radius 1 is 1.25 bits per heavy atom. The van der Waals surface area contributed by atoms with Crippen molar-refractivity contribution < 1.29 is 13.2 Å². The van der Waals surface area contributed by atoms with Gasteiger partial charge in [0.25, 0.3) is 0 Å². The Hall–Kier alpha value is -1.50. The van der Waals surface area contributed by atoms with Crippen LogP contribution in [0.5, 0.6) is 0 Å². The third kappa shape index (κ3) is 2.19. The van der Waals surface area contributed by atoms with Crippen molar-refractivity contribution in [2.45, 2.75) is 19.3 Å². The highest BCUT2D eigenvalue weighted by molar-refractivity contribution is 5.22. The molecule has 1 atom stereocenters. The van der Waals surface area contributed by atoms with E-state index < -0.39 is 17.5 Å². The lowest BCUT2D eigenvalue weighted by Crippen LogP contribution is -2.08. The van der Waals surface area contributed by atoms with Crippen molar-refractivity contribution in [3.8, 4) is 6.07 Å². The van der Waals surface area contributed by atoms with E-state index in [9.17, 15) is 13.2 Å². The van der Waals surface area contributed by atoms with Gasteiger partial charge < -0.3 is 0 Å². The quantitative estimate of drug-likeness (QED) is 0.774. The number of halogens is 3. The molecule has 0 N–H and O–H groups in total. The summed E-state index contributed by atoms with van der Waals surface area (Å²) in [7, 11) is 0. The fraction of sp³-hybridized carbons (Fsp3) is 0.417. The molecular formula is C12H10F3N. The molecule has 1 aromatic carbocycles. The summed E-state index contributed by atoms with van der Waals surface area (Å²) in [6.45, 7) is 0. The molecule has 1 nitrogen and oxygen atoms in total. The molecule has 0 amide bonds. The zero-order valence-electron chi connectivity index (χ0n) is 8.51. The van der Waals surface area contributed by atoms with Crippen LogP contribution >= 0.6 is 0 Å². The maximum atomic E-state index is 13.3. The molecule has 0 aromatic heterocycles. The SMILES string of the molecule is N#CC(Cc1c(F)cc(F)cc1F)C1CC1. The van der Waals surface area contributed by atoms with Gasteiger partial charge in [-0.15, -0.1) is 0 Å². The van der Waals surface area contributed by atoms with E-state index in [0.717, 1.165) is 12.8 Å². The number of nitriles is 1. The minimum absolute atomic E-state index is 0.0269. The van der Waals surface area contributed by atoms with Crippen LogP contribution in [0.25, 0.3) is 0 Å². The van der Waals surface area contributed by atoms with E-state index in [1.807, 2.05) is 0 Å². The van der Waals surface area contributed by atoms with Crippen molar-refractivity contribution >= 4 is 0 Å². The predicted octanol–water partition coefficient (Wildman–Crippen LogP) is 3.20. The van der Waals surface area contributed by atoms with E-state index in [1.54, 1.807) is 0 Å². The zero-order chi connectivity index (χ0) is 11.7. The van der Waals surface area contributed by atoms with Crippen molar-refractivity contribution in [2.24, 2.45) is 11.8 Å². The summed E-state index contributed by atoms with van der Waals surface area (Å²) < 4.78 is 39.3. The van der Waals surface area contributed by atoms with Gasteiger partial charge in [-0.05, 0) is 25.2 Å². The van der Waals surface area contributed by atoms with E-state index in [2.05, 4.69) is 6.07 Å². The second-order valence-corrected chi connectivity index (χ2v) is 4.13. The molecule has 1 aliphatic rings. The molecule has 84 valence electrons. The summed E-state index contributed by atoms with van der Waals surface area (Å²) in [4.78, 5) is 0. The molecule has 0 aliphatic heterocycles. The number of benzene rings is 1. The molecule has 0 spiro atoms. The predicted molar refractivity (Wildman–Crippen MR) is 51.8 cm³/mol. The van der Waals surface area contributed by atoms with Gasteiger partial charge in [-0.3, -0.25) is 0 Å². The minimum atomic E-state index is -0.932. The van der Waals surface area contributed by atoms with Crippen molar-refractivity contribution in [3.05, 3.63) is 35.1 Å². The van der Waals surface area contributed by atoms with Crippen LogP contribution in [0.1, 0.15) is 18.4 Å². The van der Waals surface area contributed by atoms with Crippen molar-refractivity contribution in [2.75, 3.05) is 0 Å². The first-order valence-corrected chi connectivity index (χ1v) is 5.15. The van der Waals surface area contributed by atoms with Gasteiger partial charge in [-0.1, -0.05) is 0 Å². The summed E-state index contributed by atoms with van der Waals surface area (Å²) in [5, 5.41) is 8.87. The van der Waals surface area contributed by atoms with Crippen LogP contribution in [0.3, 0.4) is 0 Å². The Balaban J connectivity index is 2.23. The van der Waals surface area contributed by atoms with Gasteiger partial charge in [0.05, 0.1) is 12.0 Å². The van der Waals surface area contributed by atoms with Gasteiger partial charge >= 0.3 is 0 Å². The lowest BCUT2D eigenvalue weighted by molar-refractivity contribution is 0.493. The summed E-state index contributed by atoms with van der Waals surface area (Å²) in [5.74, 6) is -2.86. The monoisotopic (exact) mass is 225 g/mol. The van der Waals surface area contributed by atoms with Crippen molar-refractivity contribution in [1.29, 1.82) is 5.26 Å². The lowest BCUT2D eigenvalue weighted by Gasteiger charge is -2.09. The molecule has 1 aromatic rings. The summed E-state index contributed by atoms with van der Waals surface area (Å²) >= 11 is 0. The molecule has 1 aliphatic carbocycles. The molecule has 0 radical (unpaired) electrons. The Labute approximate surface area is 91.5 Å². The Morgan fingerprint density at radius 3 is 2.25 bits per heavy atom. The van der Waals surface area contributed by atoms with E-state index in [1.165, 1.54) is 0 Å². The molecule has 0 heterocycles. The number of rotatable bonds is 3. The van der Waals surface area contributed by atoms with E-state index in [4.69, 9.17) is 5.26 Å². The normalized spacial score (nSPS) is 16.9. The second kappa shape index (κ2) is 4.17. The van der Waals surface area contributed by atoms with Gasteiger partial charge in [0.2, 0.25) is 0 Å². The molecule has 1 fully saturated rings. The van der Waals surface area contributed by atoms with Crippen LogP contribution in [0.15, 0.2) is 12.1 Å². The van der Waals surface area contributed by atoms with Crippen LogP contribution in [-0.4, -0.2) is 0 Å². The molecule has 16 heavy (non-hydrogen) atoms. The van der Waals surface area contributed by atoms with Gasteiger partial charge in [-0.25, -0.2) is 13.2 Å². The zero-order valence-corrected chi connectivity index (χ0v) is 8.51. The Kier molecular flexibility index (Phi) is 2.86. The fourth-order valence-electron chi connectivity index (χ4n) is 1.80. The Morgan fingerprint density at radius 2 is 1.81 bits per heavy atom. The van der Waals surface area contributed by atoms with Gasteiger partial charge in [0.1, 0.15) is 17.5 Å². The van der Waals surface area contributed by atoms with Gasteiger partial charge in [0, 0.05) is 17.7 Å². The lowest BCUT2D eigenvalue weighted by atomic mass is 9.95. The molecule has 0 saturated heterocycles. The smallest absolute Gasteiger partial charge is 0.132 e. The van der Waals surface area contributed by atoms with Crippen molar-refractivity contribution in [1.82, 2.24) is 0 Å². The average molecular weight is 225 g/mol. The first kappa shape index (κ1) is 11.0. The first-order chi connectivity index (χ1) is 7.61. The minimum Gasteiger partial charge on any atom is -0.207 e. The van der Waals surface area contributed by atoms with Crippen LogP contribution in [0.2, 0.25) is 0 Å². The largest absolute Gasteiger partial charge is 0.207 e. The third-order valence-corrected chi connectivity index (χ3v) is 2.89. The molecule has 0 bridgehead atoms. The number of hydrogen-bond donors (Lipinski definition) is 0. The Bertz CT molecular complexity index is 423. The van der Waals surface area contributed by atoms with E-state index in [-0.39, 0.29) is 23.8 Å². The number of hydrogen-bond acceptors (Lipinski definition) is 1. The maximum Gasteiger partial charge on any atom is 0.132 e. The van der Waals surface area contributed by atoms with Crippen LogP contribution in [-0.2, 0) is 6.42 Å². The molecule has 1 unspecified atom stereocenters. The highest BCUT2D eigenvalue weighted by Crippen LogP contribution is 2.38. The second-order valence-electron chi connectivity index (χ2n) is 4.13. The number of nitrogens with zero attached hydrogens (tertiary/aromatic N) is 1. The highest BCUT2D eigenvalue weighted by Gasteiger charge is 2.32. The van der Waals surface area contributed by atoms with Gasteiger partial charge in [0.15, 0.2) is 0 Å². The highest BCUT2D eigenvalue weighted by atomic mass is 19.1. The summed E-state index contributed by atoms with van der Waals surface area (Å²) in [5.41, 5.74) is -0.181. The fourth-order valence-corrected chi connectivity index (χ4v) is 1.80. The molecular weight excluding hydrogens is 215 g/mol. The standard InChI is InChI=1S/C12H10F3N/c13-9-4-11(14)10(12(15)5-9)3-8(6-16)7-1-2-7/h4-5,7-8H,1-3H2. The molecule has 1 saturated carbocycles. The van der Waals surface area contributed by atoms with Crippen LogP contribution in [0.4, 0.5) is 13.2 Å². The average Bonchev–Trinajstić information content (AvgIpc) is 3.00. The molecule has 4 heteroatoms. The molecule has 2 rings (SSSR count). The van der Waals surface area contributed by atoms with E-state index >= 15 is 0 Å². The topological polar surface area (TPSA) is 23.8 Å².